The molecule has 4 aromatic rings. The second-order valence-electron chi connectivity index (χ2n) is 9.69. The predicted molar refractivity (Wildman–Crippen MR) is 138 cm³/mol. The van der Waals surface area contributed by atoms with Crippen LogP contribution in [-0.2, 0) is 16.0 Å². The number of carbonyl (C=O) groups excluding carboxylic acids is 2. The molecule has 2 aliphatic rings. The number of ether oxygens (including phenoxy) is 2. The summed E-state index contributed by atoms with van der Waals surface area (Å²) >= 11 is 6.20. The Labute approximate surface area is 232 Å². The van der Waals surface area contributed by atoms with Crippen LogP contribution in [0.4, 0.5) is 4.39 Å². The van der Waals surface area contributed by atoms with E-state index in [0.29, 0.717) is 24.3 Å². The number of amides is 2. The molecular weight excluding hydrogens is 545 g/mol. The van der Waals surface area contributed by atoms with E-state index in [0.717, 1.165) is 16.7 Å². The zero-order valence-corrected chi connectivity index (χ0v) is 22.2. The maximum Gasteiger partial charge on any atom is 0.291 e. The highest BCUT2D eigenvalue weighted by Gasteiger charge is 2.48. The van der Waals surface area contributed by atoms with E-state index >= 15 is 4.39 Å². The first kappa shape index (κ1) is 26.0. The molecule has 0 bridgehead atoms. The Bertz CT molecular complexity index is 1630. The van der Waals surface area contributed by atoms with Crippen molar-refractivity contribution in [2.75, 3.05) is 20.3 Å². The first-order valence-electron chi connectivity index (χ1n) is 12.4. The molecule has 0 saturated carbocycles. The number of aromatic nitrogens is 3. The van der Waals surface area contributed by atoms with Crippen molar-refractivity contribution < 1.29 is 32.5 Å². The summed E-state index contributed by atoms with van der Waals surface area (Å²) in [6, 6.07) is 9.61. The summed E-state index contributed by atoms with van der Waals surface area (Å²) in [7, 11) is 1.40. The standard InChI is InChI=1S/C27H23ClFN5O6/c1-13-30-24(34-39-13)23-18(8-16(28)9-19(23)29)15-3-5-17-14(7-15)4-6-20(17)31-26(36)27(11-38-12-27)32-25(35)21-10-22(37-2)33-40-21/h3,5,7-10,20H,4,6,11-12H2,1-2H3,(H,31,36)(H,32,35)/t20-/m0/s1. The number of methoxy groups -OCH3 is 1. The molecule has 2 aromatic heterocycles. The Morgan fingerprint density at radius 2 is 1.98 bits per heavy atom. The molecule has 0 spiro atoms. The van der Waals surface area contributed by atoms with Gasteiger partial charge >= 0.3 is 0 Å². The third-order valence-electron chi connectivity index (χ3n) is 7.05. The molecule has 0 unspecified atom stereocenters. The van der Waals surface area contributed by atoms with Crippen molar-refractivity contribution in [2.45, 2.75) is 31.3 Å². The number of nitrogens with one attached hydrogen (secondary N) is 2. The second-order valence-corrected chi connectivity index (χ2v) is 10.1. The molecule has 2 aromatic carbocycles. The molecule has 6 rings (SSSR count). The van der Waals surface area contributed by atoms with Crippen molar-refractivity contribution in [3.8, 4) is 28.4 Å². The zero-order valence-electron chi connectivity index (χ0n) is 21.4. The summed E-state index contributed by atoms with van der Waals surface area (Å²) in [5.74, 6) is -1.02. The average molecular weight is 568 g/mol. The Balaban J connectivity index is 1.23. The van der Waals surface area contributed by atoms with Crippen LogP contribution in [0.15, 0.2) is 45.4 Å². The molecule has 40 heavy (non-hydrogen) atoms. The summed E-state index contributed by atoms with van der Waals surface area (Å²) in [6.07, 6.45) is 1.33. The fourth-order valence-electron chi connectivity index (χ4n) is 4.97. The minimum Gasteiger partial charge on any atom is -0.479 e. The van der Waals surface area contributed by atoms with Crippen molar-refractivity contribution in [1.29, 1.82) is 0 Å². The van der Waals surface area contributed by atoms with Gasteiger partial charge in [-0.15, -0.1) is 0 Å². The third kappa shape index (κ3) is 4.58. The van der Waals surface area contributed by atoms with Crippen LogP contribution >= 0.6 is 11.6 Å². The maximum absolute atomic E-state index is 15.0. The topological polar surface area (TPSA) is 142 Å². The number of carbonyl (C=O) groups is 2. The average Bonchev–Trinajstić information content (AvgIpc) is 3.65. The first-order valence-corrected chi connectivity index (χ1v) is 12.8. The van der Waals surface area contributed by atoms with Crippen LogP contribution in [0.2, 0.25) is 5.02 Å². The largest absolute Gasteiger partial charge is 0.479 e. The molecule has 0 radical (unpaired) electrons. The number of halogens is 2. The van der Waals surface area contributed by atoms with Crippen LogP contribution < -0.4 is 15.4 Å². The Morgan fingerprint density at radius 3 is 2.65 bits per heavy atom. The minimum absolute atomic E-state index is 0.0209. The van der Waals surface area contributed by atoms with Crippen molar-refractivity contribution in [2.24, 2.45) is 0 Å². The van der Waals surface area contributed by atoms with Crippen molar-refractivity contribution in [1.82, 2.24) is 25.9 Å². The number of nitrogens with zero attached hydrogens (tertiary/aromatic N) is 3. The highest BCUT2D eigenvalue weighted by molar-refractivity contribution is 6.31. The van der Waals surface area contributed by atoms with Gasteiger partial charge < -0.3 is 29.2 Å². The van der Waals surface area contributed by atoms with Crippen LogP contribution in [0.5, 0.6) is 5.88 Å². The van der Waals surface area contributed by atoms with Crippen LogP contribution in [0.25, 0.3) is 22.5 Å². The van der Waals surface area contributed by atoms with E-state index < -0.39 is 17.3 Å². The van der Waals surface area contributed by atoms with Gasteiger partial charge in [-0.2, -0.15) is 4.98 Å². The van der Waals surface area contributed by atoms with E-state index in [2.05, 4.69) is 25.9 Å². The van der Waals surface area contributed by atoms with Crippen molar-refractivity contribution >= 4 is 23.4 Å². The number of hydrogen-bond donors (Lipinski definition) is 2. The SMILES string of the molecule is COc1cc(C(=O)NC2(C(=O)N[C@H]3CCc4cc(-c5cc(Cl)cc(F)c5-c5noc(C)n5)ccc43)COC2)on1. The van der Waals surface area contributed by atoms with E-state index in [4.69, 9.17) is 30.1 Å². The van der Waals surface area contributed by atoms with Gasteiger partial charge in [0.15, 0.2) is 5.54 Å². The van der Waals surface area contributed by atoms with Gasteiger partial charge in [0.2, 0.25) is 17.5 Å². The summed E-state index contributed by atoms with van der Waals surface area (Å²) in [4.78, 5) is 30.2. The molecule has 2 amide bonds. The Morgan fingerprint density at radius 1 is 1.15 bits per heavy atom. The number of hydrogen-bond acceptors (Lipinski definition) is 9. The van der Waals surface area contributed by atoms with Gasteiger partial charge in [0.25, 0.3) is 17.7 Å². The first-order chi connectivity index (χ1) is 19.3. The summed E-state index contributed by atoms with van der Waals surface area (Å²) in [5.41, 5.74) is 2.13. The number of fused-ring (bicyclic) bond motifs is 1. The quantitative estimate of drug-likeness (QED) is 0.341. The molecule has 11 nitrogen and oxygen atoms in total. The molecule has 1 aliphatic heterocycles. The van der Waals surface area contributed by atoms with Crippen LogP contribution in [0, 0.1) is 12.7 Å². The molecule has 1 atom stereocenters. The fraction of sp³-hybridized carbons (Fsp3) is 0.296. The molecule has 2 N–H and O–H groups in total. The summed E-state index contributed by atoms with van der Waals surface area (Å²) < 4.78 is 35.3. The van der Waals surface area contributed by atoms with Gasteiger partial charge in [-0.1, -0.05) is 35.0 Å². The monoisotopic (exact) mass is 567 g/mol. The lowest BCUT2D eigenvalue weighted by atomic mass is 9.94. The number of aryl methyl sites for hydroxylation is 2. The van der Waals surface area contributed by atoms with Gasteiger partial charge in [0.05, 0.1) is 38.0 Å². The second kappa shape index (κ2) is 10.0. The number of rotatable bonds is 7. The molecule has 3 heterocycles. The van der Waals surface area contributed by atoms with E-state index in [-0.39, 0.29) is 53.2 Å². The highest BCUT2D eigenvalue weighted by Crippen LogP contribution is 2.39. The van der Waals surface area contributed by atoms with Crippen LogP contribution in [0.3, 0.4) is 0 Å². The van der Waals surface area contributed by atoms with Gasteiger partial charge in [-0.3, -0.25) is 9.59 Å². The molecule has 1 saturated heterocycles. The van der Waals surface area contributed by atoms with Gasteiger partial charge in [-0.05, 0) is 52.4 Å². The predicted octanol–water partition coefficient (Wildman–Crippen LogP) is 3.80. The maximum atomic E-state index is 15.0. The Hall–Kier alpha value is -4.29. The van der Waals surface area contributed by atoms with Gasteiger partial charge in [-0.25, -0.2) is 4.39 Å². The third-order valence-corrected chi connectivity index (χ3v) is 7.27. The van der Waals surface area contributed by atoms with E-state index in [1.807, 2.05) is 18.2 Å². The summed E-state index contributed by atoms with van der Waals surface area (Å²) in [5, 5.41) is 13.5. The fourth-order valence-corrected chi connectivity index (χ4v) is 5.17. The molecule has 206 valence electrons. The smallest absolute Gasteiger partial charge is 0.291 e. The van der Waals surface area contributed by atoms with Gasteiger partial charge in [0.1, 0.15) is 5.82 Å². The lowest BCUT2D eigenvalue weighted by Crippen LogP contribution is -2.70. The van der Waals surface area contributed by atoms with Crippen molar-refractivity contribution in [3.05, 3.63) is 70.0 Å². The molecule has 1 aliphatic carbocycles. The van der Waals surface area contributed by atoms with E-state index in [1.54, 1.807) is 13.0 Å². The van der Waals surface area contributed by atoms with Gasteiger partial charge in [0, 0.05) is 11.9 Å². The zero-order chi connectivity index (χ0) is 28.0. The Kier molecular flexibility index (Phi) is 6.51. The van der Waals surface area contributed by atoms with E-state index in [9.17, 15) is 9.59 Å². The lowest BCUT2D eigenvalue weighted by molar-refractivity contribution is -0.147. The van der Waals surface area contributed by atoms with Crippen LogP contribution in [-0.4, -0.2) is 53.0 Å². The normalized spacial score (nSPS) is 17.1. The van der Waals surface area contributed by atoms with E-state index in [1.165, 1.54) is 19.2 Å². The molecule has 1 fully saturated rings. The summed E-state index contributed by atoms with van der Waals surface area (Å²) in [6.45, 7) is 1.67. The number of benzene rings is 2. The lowest BCUT2D eigenvalue weighted by Gasteiger charge is -2.40. The molecular formula is C27H23ClFN5O6. The minimum atomic E-state index is -1.24. The van der Waals surface area contributed by atoms with Crippen LogP contribution in [0.1, 0.15) is 40.0 Å². The highest BCUT2D eigenvalue weighted by atomic mass is 35.5. The van der Waals surface area contributed by atoms with Crippen molar-refractivity contribution in [3.63, 3.8) is 0 Å². The molecule has 13 heteroatoms.